The Bertz CT molecular complexity index is 696. The second-order valence-corrected chi connectivity index (χ2v) is 6.11. The molecule has 9 nitrogen and oxygen atoms in total. The van der Waals surface area contributed by atoms with E-state index < -0.39 is 6.10 Å². The van der Waals surface area contributed by atoms with Crippen LogP contribution < -0.4 is 28.3 Å². The molecule has 1 aromatic rings. The summed E-state index contributed by atoms with van der Waals surface area (Å²) in [5.41, 5.74) is 23.4. The van der Waals surface area contributed by atoms with Gasteiger partial charge < -0.3 is 33.4 Å². The van der Waals surface area contributed by atoms with Gasteiger partial charge in [0.1, 0.15) is 0 Å². The van der Waals surface area contributed by atoms with E-state index in [1.54, 1.807) is 12.1 Å². The Labute approximate surface area is 151 Å². The Morgan fingerprint density at radius 3 is 2.04 bits per heavy atom. The Morgan fingerprint density at radius 2 is 1.54 bits per heavy atom. The second kappa shape index (κ2) is 8.86. The van der Waals surface area contributed by atoms with Crippen LogP contribution in [0.2, 0.25) is 0 Å². The molecule has 1 amide bonds. The number of guanidine groups is 2. The summed E-state index contributed by atoms with van der Waals surface area (Å²) in [7, 11) is 0. The fourth-order valence-corrected chi connectivity index (χ4v) is 2.65. The van der Waals surface area contributed by atoms with Crippen molar-refractivity contribution in [3.05, 3.63) is 47.0 Å². The molecule has 10 N–H and O–H groups in total. The third-order valence-corrected chi connectivity index (χ3v) is 3.92. The quantitative estimate of drug-likeness (QED) is 0.216. The van der Waals surface area contributed by atoms with Crippen molar-refractivity contribution in [2.75, 3.05) is 0 Å². The van der Waals surface area contributed by atoms with Gasteiger partial charge >= 0.3 is 0 Å². The van der Waals surface area contributed by atoms with Crippen molar-refractivity contribution < 1.29 is 9.90 Å². The lowest BCUT2D eigenvalue weighted by molar-refractivity contribution is 0.0829. The fraction of sp³-hybridized carbons (Fsp3) is 0.353. The Morgan fingerprint density at radius 1 is 1.00 bits per heavy atom. The predicted molar refractivity (Wildman–Crippen MR) is 101 cm³/mol. The minimum absolute atomic E-state index is 0.0391. The van der Waals surface area contributed by atoms with Gasteiger partial charge in [-0.25, -0.2) is 9.98 Å². The summed E-state index contributed by atoms with van der Waals surface area (Å²) in [6, 6.07) is 4.90. The normalized spacial score (nSPS) is 18.8. The predicted octanol–water partition coefficient (Wildman–Crippen LogP) is -0.957. The van der Waals surface area contributed by atoms with E-state index in [0.717, 1.165) is 11.1 Å². The number of carbonyl (C=O) groups is 1. The van der Waals surface area contributed by atoms with Crippen molar-refractivity contribution in [3.63, 3.8) is 0 Å². The number of benzene rings is 1. The molecule has 0 bridgehead atoms. The lowest BCUT2D eigenvalue weighted by atomic mass is 9.98. The molecular formula is C17H25N7O2. The summed E-state index contributed by atoms with van der Waals surface area (Å²) in [5.74, 6) is -0.368. The maximum atomic E-state index is 12.6. The Kier molecular flexibility index (Phi) is 6.56. The lowest BCUT2D eigenvalue weighted by Crippen LogP contribution is -2.44. The maximum absolute atomic E-state index is 12.6. The highest BCUT2D eigenvalue weighted by molar-refractivity contribution is 5.95. The molecule has 0 radical (unpaired) electrons. The fourth-order valence-electron chi connectivity index (χ4n) is 2.65. The van der Waals surface area contributed by atoms with Crippen LogP contribution in [0.25, 0.3) is 0 Å². The molecule has 2 atom stereocenters. The van der Waals surface area contributed by atoms with Crippen molar-refractivity contribution in [3.8, 4) is 0 Å². The average molecular weight is 359 g/mol. The summed E-state index contributed by atoms with van der Waals surface area (Å²) in [4.78, 5) is 20.6. The van der Waals surface area contributed by atoms with Crippen molar-refractivity contribution in [1.82, 2.24) is 5.32 Å². The zero-order valence-electron chi connectivity index (χ0n) is 14.4. The zero-order chi connectivity index (χ0) is 19.1. The number of carbonyl (C=O) groups excluding carboxylic acids is 1. The molecule has 0 heterocycles. The van der Waals surface area contributed by atoms with Crippen molar-refractivity contribution in [2.24, 2.45) is 32.9 Å². The summed E-state index contributed by atoms with van der Waals surface area (Å²) in [5, 5.41) is 12.9. The third-order valence-electron chi connectivity index (χ3n) is 3.92. The van der Waals surface area contributed by atoms with Crippen LogP contribution in [-0.4, -0.2) is 35.1 Å². The van der Waals surface area contributed by atoms with E-state index in [1.807, 2.05) is 18.2 Å². The van der Waals surface area contributed by atoms with Gasteiger partial charge in [0.2, 0.25) is 0 Å². The first-order chi connectivity index (χ1) is 12.3. The highest BCUT2D eigenvalue weighted by Gasteiger charge is 2.22. The van der Waals surface area contributed by atoms with Crippen LogP contribution in [0, 0.1) is 0 Å². The summed E-state index contributed by atoms with van der Waals surface area (Å²) in [6.07, 6.45) is 4.34. The van der Waals surface area contributed by atoms with Crippen molar-refractivity contribution >= 4 is 17.8 Å². The van der Waals surface area contributed by atoms with Gasteiger partial charge in [0.15, 0.2) is 11.9 Å². The smallest absolute Gasteiger partial charge is 0.251 e. The van der Waals surface area contributed by atoms with E-state index in [0.29, 0.717) is 18.4 Å². The maximum Gasteiger partial charge on any atom is 0.251 e. The molecule has 1 unspecified atom stereocenters. The average Bonchev–Trinajstić information content (AvgIpc) is 2.60. The molecule has 2 rings (SSSR count). The van der Waals surface area contributed by atoms with E-state index in [1.165, 1.54) is 0 Å². The third kappa shape index (κ3) is 5.78. The van der Waals surface area contributed by atoms with Crippen LogP contribution in [0.1, 0.15) is 34.3 Å². The van der Waals surface area contributed by atoms with Crippen molar-refractivity contribution in [1.29, 1.82) is 0 Å². The first-order valence-corrected chi connectivity index (χ1v) is 8.22. The van der Waals surface area contributed by atoms with Crippen LogP contribution >= 0.6 is 0 Å². The van der Waals surface area contributed by atoms with Gasteiger partial charge in [0.25, 0.3) is 5.91 Å². The molecule has 26 heavy (non-hydrogen) atoms. The zero-order valence-corrected chi connectivity index (χ0v) is 14.4. The van der Waals surface area contributed by atoms with Crippen LogP contribution in [0.15, 0.2) is 40.3 Å². The van der Waals surface area contributed by atoms with E-state index in [9.17, 15) is 9.90 Å². The second-order valence-electron chi connectivity index (χ2n) is 6.11. The van der Waals surface area contributed by atoms with Crippen LogP contribution in [-0.2, 0) is 13.1 Å². The highest BCUT2D eigenvalue weighted by Crippen LogP contribution is 2.16. The number of aliphatic hydroxyl groups is 1. The first kappa shape index (κ1) is 19.3. The number of nitrogens with one attached hydrogen (secondary N) is 1. The topological polar surface area (TPSA) is 178 Å². The molecule has 0 saturated carbocycles. The molecule has 0 spiro atoms. The number of amides is 1. The molecule has 0 fully saturated rings. The SMILES string of the molecule is NC(N)=NCc1cc(CN=C(N)N)cc(C(=O)NC2CC=CC[C@H]2O)c1. The minimum Gasteiger partial charge on any atom is -0.391 e. The van der Waals surface area contributed by atoms with Gasteiger partial charge in [-0.15, -0.1) is 0 Å². The molecule has 0 aromatic heterocycles. The molecular weight excluding hydrogens is 334 g/mol. The molecule has 1 aliphatic rings. The number of hydrogen-bond donors (Lipinski definition) is 6. The summed E-state index contributed by atoms with van der Waals surface area (Å²) in [6.45, 7) is 0.458. The number of nitrogens with zero attached hydrogens (tertiary/aromatic N) is 2. The number of rotatable bonds is 6. The van der Waals surface area contributed by atoms with E-state index in [-0.39, 0.29) is 37.0 Å². The Balaban J connectivity index is 2.23. The summed E-state index contributed by atoms with van der Waals surface area (Å²) >= 11 is 0. The van der Waals surface area contributed by atoms with Gasteiger partial charge in [-0.1, -0.05) is 18.2 Å². The van der Waals surface area contributed by atoms with Gasteiger partial charge in [-0.3, -0.25) is 4.79 Å². The largest absolute Gasteiger partial charge is 0.391 e. The lowest BCUT2D eigenvalue weighted by Gasteiger charge is -2.25. The summed E-state index contributed by atoms with van der Waals surface area (Å²) < 4.78 is 0. The van der Waals surface area contributed by atoms with Crippen LogP contribution in [0.5, 0.6) is 0 Å². The number of aliphatic hydroxyl groups excluding tert-OH is 1. The van der Waals surface area contributed by atoms with Gasteiger partial charge in [0, 0.05) is 5.56 Å². The molecule has 0 saturated heterocycles. The van der Waals surface area contributed by atoms with Crippen molar-refractivity contribution in [2.45, 2.75) is 38.1 Å². The van der Waals surface area contributed by atoms with Gasteiger partial charge in [-0.05, 0) is 36.1 Å². The van der Waals surface area contributed by atoms with Crippen LogP contribution in [0.3, 0.4) is 0 Å². The Hall–Kier alpha value is -3.07. The number of hydrogen-bond acceptors (Lipinski definition) is 4. The number of nitrogens with two attached hydrogens (primary N) is 4. The first-order valence-electron chi connectivity index (χ1n) is 8.22. The van der Waals surface area contributed by atoms with E-state index >= 15 is 0 Å². The monoisotopic (exact) mass is 359 g/mol. The minimum atomic E-state index is -0.602. The number of aliphatic imine (C=N–C) groups is 2. The van der Waals surface area contributed by atoms with Gasteiger partial charge in [-0.2, -0.15) is 0 Å². The molecule has 140 valence electrons. The standard InChI is InChI=1S/C17H25N7O2/c18-16(19)22-8-10-5-11(9-23-17(20)21)7-12(6-10)15(26)24-13-3-1-2-4-14(13)25/h1-2,5-7,13-14,25H,3-4,8-9H2,(H,24,26)(H4,18,19,22)(H4,20,21,23)/t13?,14-/m1/s1. The van der Waals surface area contributed by atoms with Crippen LogP contribution in [0.4, 0.5) is 0 Å². The van der Waals surface area contributed by atoms with E-state index in [2.05, 4.69) is 15.3 Å². The van der Waals surface area contributed by atoms with E-state index in [4.69, 9.17) is 22.9 Å². The van der Waals surface area contributed by atoms with Gasteiger partial charge in [0.05, 0.1) is 25.2 Å². The molecule has 9 heteroatoms. The highest BCUT2D eigenvalue weighted by atomic mass is 16.3. The molecule has 1 aliphatic carbocycles. The molecule has 1 aromatic carbocycles. The molecule has 0 aliphatic heterocycles.